The summed E-state index contributed by atoms with van der Waals surface area (Å²) in [7, 11) is 0. The molecule has 126 valence electrons. The Balaban J connectivity index is 1.53. The lowest BCUT2D eigenvalue weighted by Crippen LogP contribution is -2.34. The van der Waals surface area contributed by atoms with Crippen molar-refractivity contribution in [1.29, 1.82) is 0 Å². The van der Waals surface area contributed by atoms with E-state index < -0.39 is 6.10 Å². The minimum absolute atomic E-state index is 0.0981. The Morgan fingerprint density at radius 2 is 2.25 bits per heavy atom. The molecular formula is C16H15ClN2O3S2. The summed E-state index contributed by atoms with van der Waals surface area (Å²) in [6.45, 7) is 1.69. The Kier molecular flexibility index (Phi) is 5.33. The summed E-state index contributed by atoms with van der Waals surface area (Å²) in [5.41, 5.74) is 1.19. The van der Waals surface area contributed by atoms with E-state index in [0.717, 1.165) is 15.0 Å². The Morgan fingerprint density at radius 1 is 1.42 bits per heavy atom. The molecule has 1 aliphatic rings. The summed E-state index contributed by atoms with van der Waals surface area (Å²) in [5, 5.41) is 5.58. The van der Waals surface area contributed by atoms with Gasteiger partial charge in [0.05, 0.1) is 15.8 Å². The molecule has 1 aromatic heterocycles. The predicted molar refractivity (Wildman–Crippen MR) is 99.3 cm³/mol. The Bertz CT molecular complexity index is 778. The Morgan fingerprint density at radius 3 is 3.00 bits per heavy atom. The number of nitrogens with one attached hydrogen (secondary N) is 2. The van der Waals surface area contributed by atoms with Crippen molar-refractivity contribution in [2.24, 2.45) is 0 Å². The number of hydrogen-bond acceptors (Lipinski definition) is 5. The maximum Gasteiger partial charge on any atom is 0.265 e. The molecule has 2 N–H and O–H groups in total. The maximum atomic E-state index is 12.0. The monoisotopic (exact) mass is 382 g/mol. The van der Waals surface area contributed by atoms with Crippen LogP contribution in [0.15, 0.2) is 30.3 Å². The van der Waals surface area contributed by atoms with E-state index in [1.807, 2.05) is 12.1 Å². The first kappa shape index (κ1) is 17.1. The van der Waals surface area contributed by atoms with E-state index in [9.17, 15) is 9.59 Å². The van der Waals surface area contributed by atoms with E-state index >= 15 is 0 Å². The number of ether oxygens (including phenoxy) is 1. The molecule has 2 aromatic rings. The van der Waals surface area contributed by atoms with E-state index in [4.69, 9.17) is 16.3 Å². The zero-order valence-electron chi connectivity index (χ0n) is 12.8. The van der Waals surface area contributed by atoms with Crippen LogP contribution in [-0.2, 0) is 15.3 Å². The van der Waals surface area contributed by atoms with E-state index in [0.29, 0.717) is 22.9 Å². The zero-order chi connectivity index (χ0) is 17.1. The van der Waals surface area contributed by atoms with Crippen LogP contribution in [0, 0.1) is 0 Å². The van der Waals surface area contributed by atoms with Crippen LogP contribution in [0.25, 0.3) is 0 Å². The molecule has 1 atom stereocenters. The number of amides is 2. The topological polar surface area (TPSA) is 67.4 Å². The number of carbonyl (C=O) groups excluding carboxylic acids is 2. The van der Waals surface area contributed by atoms with Crippen molar-refractivity contribution in [2.45, 2.75) is 18.8 Å². The largest absolute Gasteiger partial charge is 0.479 e. The Hall–Kier alpha value is -1.70. The summed E-state index contributed by atoms with van der Waals surface area (Å²) in [6.07, 6.45) is -0.514. The van der Waals surface area contributed by atoms with Gasteiger partial charge in [-0.05, 0) is 37.3 Å². The minimum atomic E-state index is -0.514. The van der Waals surface area contributed by atoms with Crippen molar-refractivity contribution in [3.05, 3.63) is 39.5 Å². The molecule has 8 heteroatoms. The standard InChI is InChI=1S/C16H15ClN2O3S2/c1-9-16(21)19-12-6-10(2-4-13(12)22-9)18-15(20)8-23-7-11-3-5-14(17)24-11/h2-6,9H,7-8H2,1H3,(H,18,20)(H,19,21)/t9-/m1/s1. The Labute approximate surface area is 152 Å². The first-order valence-corrected chi connectivity index (χ1v) is 9.59. The number of carbonyl (C=O) groups is 2. The van der Waals surface area contributed by atoms with E-state index in [-0.39, 0.29) is 11.8 Å². The molecule has 24 heavy (non-hydrogen) atoms. The molecule has 0 spiro atoms. The van der Waals surface area contributed by atoms with Gasteiger partial charge in [-0.15, -0.1) is 23.1 Å². The fourth-order valence-electron chi connectivity index (χ4n) is 2.16. The van der Waals surface area contributed by atoms with Crippen LogP contribution in [0.4, 0.5) is 11.4 Å². The number of anilines is 2. The summed E-state index contributed by atoms with van der Waals surface area (Å²) >= 11 is 8.92. The van der Waals surface area contributed by atoms with Crippen LogP contribution in [0.2, 0.25) is 4.34 Å². The molecular weight excluding hydrogens is 368 g/mol. The van der Waals surface area contributed by atoms with E-state index in [1.54, 1.807) is 25.1 Å². The second-order valence-electron chi connectivity index (χ2n) is 5.21. The number of halogens is 1. The average molecular weight is 383 g/mol. The van der Waals surface area contributed by atoms with Gasteiger partial charge in [0.25, 0.3) is 5.91 Å². The van der Waals surface area contributed by atoms with Crippen LogP contribution in [0.1, 0.15) is 11.8 Å². The maximum absolute atomic E-state index is 12.0. The lowest BCUT2D eigenvalue weighted by Gasteiger charge is -2.23. The van der Waals surface area contributed by atoms with E-state index in [1.165, 1.54) is 23.1 Å². The molecule has 1 aliphatic heterocycles. The van der Waals surface area contributed by atoms with Gasteiger partial charge in [-0.2, -0.15) is 0 Å². The summed E-state index contributed by atoms with van der Waals surface area (Å²) in [5.74, 6) is 1.39. The smallest absolute Gasteiger partial charge is 0.265 e. The van der Waals surface area contributed by atoms with Gasteiger partial charge in [0.15, 0.2) is 6.10 Å². The number of thioether (sulfide) groups is 1. The molecule has 0 radical (unpaired) electrons. The van der Waals surface area contributed by atoms with Crippen LogP contribution in [-0.4, -0.2) is 23.7 Å². The minimum Gasteiger partial charge on any atom is -0.479 e. The van der Waals surface area contributed by atoms with Gasteiger partial charge in [0, 0.05) is 16.3 Å². The van der Waals surface area contributed by atoms with E-state index in [2.05, 4.69) is 10.6 Å². The quantitative estimate of drug-likeness (QED) is 0.820. The number of hydrogen-bond donors (Lipinski definition) is 2. The molecule has 0 fully saturated rings. The third kappa shape index (κ3) is 4.23. The first-order chi connectivity index (χ1) is 11.5. The highest BCUT2D eigenvalue weighted by atomic mass is 35.5. The molecule has 2 amide bonds. The van der Waals surface area contributed by atoms with Crippen molar-refractivity contribution in [1.82, 2.24) is 0 Å². The molecule has 5 nitrogen and oxygen atoms in total. The van der Waals surface area contributed by atoms with Gasteiger partial charge in [-0.3, -0.25) is 9.59 Å². The second-order valence-corrected chi connectivity index (χ2v) is 7.99. The fourth-order valence-corrected chi connectivity index (χ4v) is 4.18. The number of fused-ring (bicyclic) bond motifs is 1. The zero-order valence-corrected chi connectivity index (χ0v) is 15.2. The third-order valence-electron chi connectivity index (χ3n) is 3.30. The number of thiophene rings is 1. The summed E-state index contributed by atoms with van der Waals surface area (Å²) in [6, 6.07) is 9.00. The van der Waals surface area contributed by atoms with Gasteiger partial charge in [-0.1, -0.05) is 11.6 Å². The van der Waals surface area contributed by atoms with Gasteiger partial charge >= 0.3 is 0 Å². The normalized spacial score (nSPS) is 16.1. The lowest BCUT2D eigenvalue weighted by atomic mass is 10.2. The first-order valence-electron chi connectivity index (χ1n) is 7.24. The van der Waals surface area contributed by atoms with Gasteiger partial charge < -0.3 is 15.4 Å². The summed E-state index contributed by atoms with van der Waals surface area (Å²) in [4.78, 5) is 24.8. The molecule has 3 rings (SSSR count). The molecule has 2 heterocycles. The van der Waals surface area contributed by atoms with Crippen LogP contribution >= 0.6 is 34.7 Å². The SMILES string of the molecule is C[C@H]1Oc2ccc(NC(=O)CSCc3ccc(Cl)s3)cc2NC1=O. The van der Waals surface area contributed by atoms with Crippen molar-refractivity contribution < 1.29 is 14.3 Å². The molecule has 0 bridgehead atoms. The van der Waals surface area contributed by atoms with Crippen LogP contribution in [0.5, 0.6) is 5.75 Å². The van der Waals surface area contributed by atoms with Gasteiger partial charge in [-0.25, -0.2) is 0 Å². The summed E-state index contributed by atoms with van der Waals surface area (Å²) < 4.78 is 6.23. The highest BCUT2D eigenvalue weighted by Gasteiger charge is 2.23. The number of benzene rings is 1. The van der Waals surface area contributed by atoms with Crippen molar-refractivity contribution in [3.8, 4) is 5.75 Å². The van der Waals surface area contributed by atoms with Crippen LogP contribution in [0.3, 0.4) is 0 Å². The average Bonchev–Trinajstić information content (AvgIpc) is 2.94. The molecule has 0 unspecified atom stereocenters. The molecule has 0 aliphatic carbocycles. The molecule has 0 saturated heterocycles. The highest BCUT2D eigenvalue weighted by molar-refractivity contribution is 7.99. The van der Waals surface area contributed by atoms with Crippen molar-refractivity contribution >= 4 is 57.9 Å². The van der Waals surface area contributed by atoms with Crippen molar-refractivity contribution in [2.75, 3.05) is 16.4 Å². The predicted octanol–water partition coefficient (Wildman–Crippen LogP) is 3.99. The van der Waals surface area contributed by atoms with Crippen LogP contribution < -0.4 is 15.4 Å². The van der Waals surface area contributed by atoms with Gasteiger partial charge in [0.2, 0.25) is 5.91 Å². The fraction of sp³-hybridized carbons (Fsp3) is 0.250. The number of rotatable bonds is 5. The molecule has 0 saturated carbocycles. The third-order valence-corrected chi connectivity index (χ3v) is 5.70. The second kappa shape index (κ2) is 7.46. The molecule has 1 aromatic carbocycles. The van der Waals surface area contributed by atoms with Gasteiger partial charge in [0.1, 0.15) is 5.75 Å². The highest BCUT2D eigenvalue weighted by Crippen LogP contribution is 2.32. The van der Waals surface area contributed by atoms with Crippen molar-refractivity contribution in [3.63, 3.8) is 0 Å². The lowest BCUT2D eigenvalue weighted by molar-refractivity contribution is -0.122.